The molecule has 0 fully saturated rings. The van der Waals surface area contributed by atoms with Crippen LogP contribution in [0.5, 0.6) is 11.5 Å². The minimum atomic E-state index is -0.0982. The summed E-state index contributed by atoms with van der Waals surface area (Å²) in [4.78, 5) is 12.4. The normalized spacial score (nSPS) is 14.5. The number of benzene rings is 2. The molecule has 1 N–H and O–H groups in total. The van der Waals surface area contributed by atoms with E-state index >= 15 is 0 Å². The first-order valence-corrected chi connectivity index (χ1v) is 9.33. The van der Waals surface area contributed by atoms with Crippen LogP contribution in [0.1, 0.15) is 30.5 Å². The van der Waals surface area contributed by atoms with Gasteiger partial charge in [-0.05, 0) is 36.2 Å². The lowest BCUT2D eigenvalue weighted by molar-refractivity contribution is -0.121. The van der Waals surface area contributed by atoms with Crippen molar-refractivity contribution in [2.75, 3.05) is 13.2 Å². The zero-order valence-electron chi connectivity index (χ0n) is 13.9. The number of halogens is 2. The van der Waals surface area contributed by atoms with E-state index in [1.165, 1.54) is 0 Å². The molecule has 2 aromatic carbocycles. The highest BCUT2D eigenvalue weighted by Gasteiger charge is 2.18. The van der Waals surface area contributed by atoms with E-state index in [0.29, 0.717) is 29.7 Å². The molecule has 132 valence electrons. The van der Waals surface area contributed by atoms with Crippen LogP contribution in [0.3, 0.4) is 0 Å². The predicted molar refractivity (Wildman–Crippen MR) is 101 cm³/mol. The van der Waals surface area contributed by atoms with Crippen LogP contribution < -0.4 is 14.8 Å². The van der Waals surface area contributed by atoms with Crippen molar-refractivity contribution in [2.24, 2.45) is 0 Å². The predicted octanol–water partition coefficient (Wildman–Crippen LogP) is 4.68. The minimum Gasteiger partial charge on any atom is -0.489 e. The van der Waals surface area contributed by atoms with Crippen LogP contribution >= 0.6 is 27.5 Å². The van der Waals surface area contributed by atoms with Crippen molar-refractivity contribution in [2.45, 2.75) is 25.8 Å². The van der Waals surface area contributed by atoms with Gasteiger partial charge in [-0.1, -0.05) is 45.7 Å². The molecule has 25 heavy (non-hydrogen) atoms. The maximum Gasteiger partial charge on any atom is 0.224 e. The van der Waals surface area contributed by atoms with E-state index in [1.807, 2.05) is 37.3 Å². The Hall–Kier alpha value is -1.72. The van der Waals surface area contributed by atoms with Gasteiger partial charge in [-0.3, -0.25) is 4.79 Å². The molecule has 2 aromatic rings. The van der Waals surface area contributed by atoms with E-state index in [-0.39, 0.29) is 18.4 Å². The summed E-state index contributed by atoms with van der Waals surface area (Å²) in [5.41, 5.74) is 1.83. The van der Waals surface area contributed by atoms with Gasteiger partial charge < -0.3 is 14.8 Å². The van der Waals surface area contributed by atoms with E-state index in [4.69, 9.17) is 21.1 Å². The number of ether oxygens (including phenoxy) is 2. The van der Waals surface area contributed by atoms with Gasteiger partial charge in [0.2, 0.25) is 5.91 Å². The quantitative estimate of drug-likeness (QED) is 0.775. The first-order valence-electron chi connectivity index (χ1n) is 8.16. The highest BCUT2D eigenvalue weighted by molar-refractivity contribution is 9.10. The average molecular weight is 425 g/mol. The Morgan fingerprint density at radius 3 is 2.84 bits per heavy atom. The Kier molecular flexibility index (Phi) is 5.86. The van der Waals surface area contributed by atoms with Crippen LogP contribution in [-0.2, 0) is 11.2 Å². The van der Waals surface area contributed by atoms with Gasteiger partial charge in [0.05, 0.1) is 30.7 Å². The number of carbonyl (C=O) groups is 1. The summed E-state index contributed by atoms with van der Waals surface area (Å²) in [5.74, 6) is 1.09. The standard InChI is InChI=1S/C19H19BrClNO3/c1-12(14-5-2-3-6-15(14)20)22-18(23)11-13-9-16(21)19-17(10-13)24-7-4-8-25-19/h2-3,5-6,9-10,12H,4,7-8,11H2,1H3,(H,22,23). The number of hydrogen-bond acceptors (Lipinski definition) is 3. The molecule has 1 unspecified atom stereocenters. The summed E-state index contributed by atoms with van der Waals surface area (Å²) in [5, 5.41) is 3.49. The smallest absolute Gasteiger partial charge is 0.224 e. The van der Waals surface area contributed by atoms with Gasteiger partial charge >= 0.3 is 0 Å². The Bertz CT molecular complexity index is 781. The molecule has 0 bridgehead atoms. The van der Waals surface area contributed by atoms with Gasteiger partial charge in [-0.15, -0.1) is 0 Å². The molecule has 0 saturated heterocycles. The van der Waals surface area contributed by atoms with E-state index < -0.39 is 0 Å². The van der Waals surface area contributed by atoms with Crippen LogP contribution in [0.4, 0.5) is 0 Å². The molecule has 1 heterocycles. The second kappa shape index (κ2) is 8.11. The molecule has 1 amide bonds. The maximum atomic E-state index is 12.4. The summed E-state index contributed by atoms with van der Waals surface area (Å²) in [6.45, 7) is 3.12. The lowest BCUT2D eigenvalue weighted by Crippen LogP contribution is -2.28. The largest absolute Gasteiger partial charge is 0.489 e. The fourth-order valence-corrected chi connectivity index (χ4v) is 3.68. The average Bonchev–Trinajstić information content (AvgIpc) is 2.80. The summed E-state index contributed by atoms with van der Waals surface area (Å²) in [6, 6.07) is 11.3. The number of amides is 1. The Balaban J connectivity index is 1.70. The van der Waals surface area contributed by atoms with Crippen molar-refractivity contribution in [3.05, 3.63) is 57.0 Å². The second-order valence-corrected chi connectivity index (χ2v) is 7.20. The monoisotopic (exact) mass is 423 g/mol. The van der Waals surface area contributed by atoms with E-state index in [1.54, 1.807) is 6.07 Å². The van der Waals surface area contributed by atoms with Gasteiger partial charge in [0.1, 0.15) is 0 Å². The molecule has 6 heteroatoms. The van der Waals surface area contributed by atoms with Crippen LogP contribution in [0.2, 0.25) is 5.02 Å². The first-order chi connectivity index (χ1) is 12.0. The molecule has 1 aliphatic heterocycles. The topological polar surface area (TPSA) is 47.6 Å². The third-order valence-corrected chi connectivity index (χ3v) is 4.98. The third kappa shape index (κ3) is 4.47. The molecule has 0 spiro atoms. The molecular weight excluding hydrogens is 406 g/mol. The number of rotatable bonds is 4. The van der Waals surface area contributed by atoms with E-state index in [0.717, 1.165) is 22.0 Å². The number of carbonyl (C=O) groups excluding carboxylic acids is 1. The number of hydrogen-bond donors (Lipinski definition) is 1. The summed E-state index contributed by atoms with van der Waals surface area (Å²) >= 11 is 9.80. The van der Waals surface area contributed by atoms with Gasteiger partial charge in [0.15, 0.2) is 11.5 Å². The van der Waals surface area contributed by atoms with E-state index in [9.17, 15) is 4.79 Å². The van der Waals surface area contributed by atoms with Crippen LogP contribution in [-0.4, -0.2) is 19.1 Å². The van der Waals surface area contributed by atoms with Crippen LogP contribution in [0.15, 0.2) is 40.9 Å². The molecular formula is C19H19BrClNO3. The van der Waals surface area contributed by atoms with Crippen LogP contribution in [0, 0.1) is 0 Å². The van der Waals surface area contributed by atoms with Gasteiger partial charge in [0, 0.05) is 10.9 Å². The van der Waals surface area contributed by atoms with Crippen molar-refractivity contribution in [1.82, 2.24) is 5.32 Å². The zero-order chi connectivity index (χ0) is 17.8. The number of nitrogens with one attached hydrogen (secondary N) is 1. The minimum absolute atomic E-state index is 0.0752. The van der Waals surface area contributed by atoms with Gasteiger partial charge in [-0.2, -0.15) is 0 Å². The molecule has 0 aromatic heterocycles. The van der Waals surface area contributed by atoms with Crippen LogP contribution in [0.25, 0.3) is 0 Å². The zero-order valence-corrected chi connectivity index (χ0v) is 16.2. The highest BCUT2D eigenvalue weighted by atomic mass is 79.9. The highest BCUT2D eigenvalue weighted by Crippen LogP contribution is 2.38. The van der Waals surface area contributed by atoms with Crippen molar-refractivity contribution in [3.8, 4) is 11.5 Å². The van der Waals surface area contributed by atoms with Crippen molar-refractivity contribution < 1.29 is 14.3 Å². The molecule has 0 saturated carbocycles. The fourth-order valence-electron chi connectivity index (χ4n) is 2.77. The number of fused-ring (bicyclic) bond motifs is 1. The van der Waals surface area contributed by atoms with Crippen molar-refractivity contribution >= 4 is 33.4 Å². The first kappa shape index (κ1) is 18.1. The van der Waals surface area contributed by atoms with Crippen molar-refractivity contribution in [3.63, 3.8) is 0 Å². The maximum absolute atomic E-state index is 12.4. The Morgan fingerprint density at radius 2 is 2.04 bits per heavy atom. The van der Waals surface area contributed by atoms with Gasteiger partial charge in [0.25, 0.3) is 0 Å². The summed E-state index contributed by atoms with van der Waals surface area (Å²) < 4.78 is 12.3. The fraction of sp³-hybridized carbons (Fsp3) is 0.316. The SMILES string of the molecule is CC(NC(=O)Cc1cc(Cl)c2c(c1)OCCCO2)c1ccccc1Br. The Labute approximate surface area is 160 Å². The second-order valence-electron chi connectivity index (χ2n) is 5.94. The van der Waals surface area contributed by atoms with Gasteiger partial charge in [-0.25, -0.2) is 0 Å². The molecule has 0 radical (unpaired) electrons. The molecule has 1 atom stereocenters. The summed E-state index contributed by atoms with van der Waals surface area (Å²) in [6.07, 6.45) is 1.04. The lowest BCUT2D eigenvalue weighted by Gasteiger charge is -2.16. The third-order valence-electron chi connectivity index (χ3n) is 3.98. The Morgan fingerprint density at radius 1 is 1.28 bits per heavy atom. The van der Waals surface area contributed by atoms with Crippen molar-refractivity contribution in [1.29, 1.82) is 0 Å². The molecule has 0 aliphatic carbocycles. The van der Waals surface area contributed by atoms with E-state index in [2.05, 4.69) is 21.2 Å². The molecule has 3 rings (SSSR count). The molecule has 1 aliphatic rings. The summed E-state index contributed by atoms with van der Waals surface area (Å²) in [7, 11) is 0. The molecule has 4 nitrogen and oxygen atoms in total. The lowest BCUT2D eigenvalue weighted by atomic mass is 10.1.